The number of benzene rings is 6. The highest BCUT2D eigenvalue weighted by molar-refractivity contribution is 6.09. The minimum atomic E-state index is -0.879. The van der Waals surface area contributed by atoms with Crippen molar-refractivity contribution in [1.82, 2.24) is 0 Å². The molecule has 1 aliphatic rings. The molecule has 0 spiro atoms. The predicted molar refractivity (Wildman–Crippen MR) is 252 cm³/mol. The second-order valence-electron chi connectivity index (χ2n) is 17.1. The Kier molecular flexibility index (Phi) is 13.7. The summed E-state index contributed by atoms with van der Waals surface area (Å²) in [5.41, 5.74) is 19.5. The second kappa shape index (κ2) is 19.0. The van der Waals surface area contributed by atoms with Gasteiger partial charge in [-0.05, 0) is 106 Å². The van der Waals surface area contributed by atoms with Crippen molar-refractivity contribution >= 4 is 65.8 Å². The van der Waals surface area contributed by atoms with Gasteiger partial charge in [0, 0.05) is 71.5 Å². The summed E-state index contributed by atoms with van der Waals surface area (Å²) in [5.74, 6) is -1.13. The van der Waals surface area contributed by atoms with Crippen LogP contribution in [0.5, 0.6) is 0 Å². The first-order valence-electron chi connectivity index (χ1n) is 22.7. The summed E-state index contributed by atoms with van der Waals surface area (Å²) in [6, 6.07) is 30.3. The molecule has 6 aromatic rings. The topological polar surface area (TPSA) is 99.0 Å². The van der Waals surface area contributed by atoms with E-state index in [4.69, 9.17) is 11.5 Å². The lowest BCUT2D eigenvalue weighted by Crippen LogP contribution is -2.52. The van der Waals surface area contributed by atoms with Crippen LogP contribution in [0.2, 0.25) is 0 Å². The van der Waals surface area contributed by atoms with Gasteiger partial charge in [0.1, 0.15) is 0 Å². The standard InChI is InChI=1S/C52H68N4O2/c1-5-9-17-25-55(26-18-10-6-2)45-33-43(53)47(41-31-37-23-15-13-21-35(37)29-39(41)45)49-51(57)50(52(49)58)48-42-32-38-24-16-14-22-36(38)30-40(42)46(34-44(48)54)56(27-19-11-7-3)28-20-12-8-4/h13-16,21-24,29-34,49-52,57-58H,5-12,17-20,25-28,53-54H2,1-4H3. The Morgan fingerprint density at radius 2 is 0.724 bits per heavy atom. The van der Waals surface area contributed by atoms with Crippen molar-refractivity contribution in [2.24, 2.45) is 0 Å². The number of rotatable bonds is 20. The molecule has 1 fully saturated rings. The van der Waals surface area contributed by atoms with Gasteiger partial charge in [0.25, 0.3) is 0 Å². The number of unbranched alkanes of at least 4 members (excludes halogenated alkanes) is 8. The van der Waals surface area contributed by atoms with E-state index < -0.39 is 24.0 Å². The van der Waals surface area contributed by atoms with Crippen molar-refractivity contribution in [3.63, 3.8) is 0 Å². The minimum Gasteiger partial charge on any atom is -0.398 e. The Bertz CT molecular complexity index is 2130. The number of hydrogen-bond donors (Lipinski definition) is 4. The van der Waals surface area contributed by atoms with Crippen molar-refractivity contribution in [1.29, 1.82) is 0 Å². The molecule has 0 heterocycles. The molecule has 1 aliphatic carbocycles. The zero-order chi connectivity index (χ0) is 40.8. The highest BCUT2D eigenvalue weighted by atomic mass is 16.3. The SMILES string of the molecule is CCCCCN(CCCCC)c1cc(N)c(C2C(O)C(c3c(N)cc(N(CCCCC)CCCCC)c4cc5ccccc5cc34)C2O)c2cc3ccccc3cc12. The quantitative estimate of drug-likeness (QED) is 0.0350. The smallest absolute Gasteiger partial charge is 0.0729 e. The van der Waals surface area contributed by atoms with E-state index in [1.165, 1.54) is 62.1 Å². The fraction of sp³-hybridized carbons (Fsp3) is 0.462. The lowest BCUT2D eigenvalue weighted by molar-refractivity contribution is -0.0770. The lowest BCUT2D eigenvalue weighted by Gasteiger charge is -2.48. The molecular weight excluding hydrogens is 713 g/mol. The number of nitrogens with zero attached hydrogens (tertiary/aromatic N) is 2. The van der Waals surface area contributed by atoms with Gasteiger partial charge in [0.05, 0.1) is 12.2 Å². The summed E-state index contributed by atoms with van der Waals surface area (Å²) in [6.45, 7) is 12.9. The van der Waals surface area contributed by atoms with Gasteiger partial charge >= 0.3 is 0 Å². The van der Waals surface area contributed by atoms with E-state index in [-0.39, 0.29) is 0 Å². The van der Waals surface area contributed by atoms with Crippen molar-refractivity contribution < 1.29 is 10.2 Å². The molecule has 0 bridgehead atoms. The minimum absolute atomic E-state index is 0.564. The third-order valence-corrected chi connectivity index (χ3v) is 13.1. The summed E-state index contributed by atoms with van der Waals surface area (Å²) in [4.78, 5) is 5.07. The summed E-state index contributed by atoms with van der Waals surface area (Å²) < 4.78 is 0. The molecule has 0 unspecified atom stereocenters. The first-order valence-corrected chi connectivity index (χ1v) is 22.7. The number of aliphatic hydroxyl groups is 2. The molecule has 0 radical (unpaired) electrons. The number of anilines is 4. The average Bonchev–Trinajstić information content (AvgIpc) is 3.23. The highest BCUT2D eigenvalue weighted by Crippen LogP contribution is 2.55. The van der Waals surface area contributed by atoms with Crippen molar-refractivity contribution in [3.05, 3.63) is 96.1 Å². The largest absolute Gasteiger partial charge is 0.398 e. The van der Waals surface area contributed by atoms with Gasteiger partial charge in [-0.3, -0.25) is 0 Å². The Morgan fingerprint density at radius 3 is 1.02 bits per heavy atom. The molecular formula is C52H68N4O2. The molecule has 308 valence electrons. The maximum absolute atomic E-state index is 12.5. The third kappa shape index (κ3) is 8.33. The average molecular weight is 781 g/mol. The molecule has 6 N–H and O–H groups in total. The first kappa shape index (κ1) is 41.6. The van der Waals surface area contributed by atoms with Crippen LogP contribution in [0.3, 0.4) is 0 Å². The number of hydrogen-bond acceptors (Lipinski definition) is 6. The van der Waals surface area contributed by atoms with Crippen LogP contribution in [0.25, 0.3) is 43.1 Å². The maximum Gasteiger partial charge on any atom is 0.0729 e. The Balaban J connectivity index is 1.34. The molecule has 0 saturated heterocycles. The van der Waals surface area contributed by atoms with E-state index in [0.717, 1.165) is 107 Å². The molecule has 0 atom stereocenters. The Labute approximate surface area is 347 Å². The zero-order valence-electron chi connectivity index (χ0n) is 35.6. The van der Waals surface area contributed by atoms with E-state index in [0.29, 0.717) is 11.4 Å². The number of nitrogens with two attached hydrogens (primary N) is 2. The normalized spacial score (nSPS) is 18.0. The molecule has 1 saturated carbocycles. The van der Waals surface area contributed by atoms with Gasteiger partial charge in [-0.1, -0.05) is 128 Å². The fourth-order valence-corrected chi connectivity index (χ4v) is 9.84. The lowest BCUT2D eigenvalue weighted by atomic mass is 9.61. The Hall–Kier alpha value is -4.52. The van der Waals surface area contributed by atoms with Crippen molar-refractivity contribution in [2.75, 3.05) is 47.4 Å². The monoisotopic (exact) mass is 781 g/mol. The van der Waals surface area contributed by atoms with Crippen LogP contribution in [-0.4, -0.2) is 48.6 Å². The summed E-state index contributed by atoms with van der Waals surface area (Å²) in [6.07, 6.45) is 12.2. The number of fused-ring (bicyclic) bond motifs is 4. The maximum atomic E-state index is 12.5. The Morgan fingerprint density at radius 1 is 0.431 bits per heavy atom. The zero-order valence-corrected chi connectivity index (χ0v) is 35.6. The first-order chi connectivity index (χ1) is 28.3. The van der Waals surface area contributed by atoms with E-state index in [9.17, 15) is 10.2 Å². The van der Waals surface area contributed by atoms with Crippen LogP contribution >= 0.6 is 0 Å². The molecule has 6 aromatic carbocycles. The summed E-state index contributed by atoms with van der Waals surface area (Å²) in [5, 5.41) is 33.8. The van der Waals surface area contributed by atoms with Crippen LogP contribution in [0.15, 0.2) is 84.9 Å². The van der Waals surface area contributed by atoms with Gasteiger partial charge in [-0.25, -0.2) is 0 Å². The summed E-state index contributed by atoms with van der Waals surface area (Å²) >= 11 is 0. The van der Waals surface area contributed by atoms with Crippen LogP contribution in [-0.2, 0) is 0 Å². The van der Waals surface area contributed by atoms with E-state index in [1.54, 1.807) is 0 Å². The molecule has 0 aliphatic heterocycles. The van der Waals surface area contributed by atoms with Gasteiger partial charge < -0.3 is 31.5 Å². The molecule has 0 amide bonds. The van der Waals surface area contributed by atoms with Crippen LogP contribution in [0, 0.1) is 0 Å². The van der Waals surface area contributed by atoms with Crippen LogP contribution in [0.1, 0.15) is 128 Å². The van der Waals surface area contributed by atoms with E-state index >= 15 is 0 Å². The molecule has 6 nitrogen and oxygen atoms in total. The van der Waals surface area contributed by atoms with Crippen molar-refractivity contribution in [2.45, 2.75) is 129 Å². The van der Waals surface area contributed by atoms with Gasteiger partial charge in [0.2, 0.25) is 0 Å². The number of nitrogen functional groups attached to an aromatic ring is 2. The highest BCUT2D eigenvalue weighted by Gasteiger charge is 2.53. The van der Waals surface area contributed by atoms with Crippen molar-refractivity contribution in [3.8, 4) is 0 Å². The molecule has 6 heteroatoms. The van der Waals surface area contributed by atoms with Gasteiger partial charge in [0.15, 0.2) is 0 Å². The predicted octanol–water partition coefficient (Wildman–Crippen LogP) is 12.4. The van der Waals surface area contributed by atoms with Gasteiger partial charge in [-0.2, -0.15) is 0 Å². The van der Waals surface area contributed by atoms with Crippen LogP contribution < -0.4 is 21.3 Å². The van der Waals surface area contributed by atoms with Crippen LogP contribution in [0.4, 0.5) is 22.7 Å². The summed E-state index contributed by atoms with van der Waals surface area (Å²) in [7, 11) is 0. The molecule has 58 heavy (non-hydrogen) atoms. The van der Waals surface area contributed by atoms with E-state index in [1.807, 2.05) is 0 Å². The van der Waals surface area contributed by atoms with Gasteiger partial charge in [-0.15, -0.1) is 0 Å². The third-order valence-electron chi connectivity index (χ3n) is 13.1. The molecule has 0 aromatic heterocycles. The second-order valence-corrected chi connectivity index (χ2v) is 17.1. The van der Waals surface area contributed by atoms with E-state index in [2.05, 4.69) is 122 Å². The fourth-order valence-electron chi connectivity index (χ4n) is 9.84. The number of aliphatic hydroxyl groups excluding tert-OH is 2. The molecule has 7 rings (SSSR count).